The van der Waals surface area contributed by atoms with Crippen molar-refractivity contribution in [2.75, 3.05) is 5.32 Å². The summed E-state index contributed by atoms with van der Waals surface area (Å²) >= 11 is 0. The summed E-state index contributed by atoms with van der Waals surface area (Å²) in [4.78, 5) is 16.4. The number of pyridine rings is 1. The molecule has 2 N–H and O–H groups in total. The van der Waals surface area contributed by atoms with Crippen LogP contribution in [-0.2, 0) is 19.8 Å². The number of aryl methyl sites for hydroxylation is 1. The number of carbonyl (C=O) groups is 1. The number of alkyl halides is 3. The van der Waals surface area contributed by atoms with Crippen molar-refractivity contribution < 1.29 is 18.0 Å². The summed E-state index contributed by atoms with van der Waals surface area (Å²) < 4.78 is 41.0. The first-order valence-corrected chi connectivity index (χ1v) is 8.96. The maximum absolute atomic E-state index is 13.1. The third kappa shape index (κ3) is 4.06. The molecule has 0 spiro atoms. The van der Waals surface area contributed by atoms with E-state index < -0.39 is 17.8 Å². The number of amides is 2. The Balaban J connectivity index is 1.45. The molecule has 0 bridgehead atoms. The Kier molecular flexibility index (Phi) is 4.32. The predicted octanol–water partition coefficient (Wildman–Crippen LogP) is 3.91. The van der Waals surface area contributed by atoms with E-state index in [2.05, 4.69) is 20.7 Å². The van der Waals surface area contributed by atoms with Gasteiger partial charge in [-0.05, 0) is 49.3 Å². The summed E-state index contributed by atoms with van der Waals surface area (Å²) in [5.41, 5.74) is 1.61. The highest BCUT2D eigenvalue weighted by atomic mass is 19.4. The van der Waals surface area contributed by atoms with Crippen LogP contribution in [0.15, 0.2) is 18.3 Å². The van der Waals surface area contributed by atoms with Crippen LogP contribution in [0.5, 0.6) is 0 Å². The molecule has 0 aromatic carbocycles. The molecular weight excluding hydrogens is 359 g/mol. The average molecular weight is 379 g/mol. The molecule has 0 atom stereocenters. The summed E-state index contributed by atoms with van der Waals surface area (Å²) in [6.07, 6.45) is 1.21. The molecule has 0 aliphatic heterocycles. The van der Waals surface area contributed by atoms with Crippen molar-refractivity contribution in [3.8, 4) is 0 Å². The molecule has 2 heterocycles. The minimum Gasteiger partial charge on any atom is -0.332 e. The molecule has 2 aliphatic carbocycles. The van der Waals surface area contributed by atoms with E-state index in [4.69, 9.17) is 0 Å². The number of hydrogen-bond acceptors (Lipinski definition) is 3. The first-order chi connectivity index (χ1) is 12.8. The van der Waals surface area contributed by atoms with Crippen LogP contribution in [0.1, 0.15) is 60.0 Å². The topological polar surface area (TPSA) is 71.8 Å². The fourth-order valence-electron chi connectivity index (χ4n) is 3.12. The van der Waals surface area contributed by atoms with Gasteiger partial charge >= 0.3 is 12.2 Å². The molecule has 2 saturated carbocycles. The summed E-state index contributed by atoms with van der Waals surface area (Å²) in [5.74, 6) is 0.452. The molecule has 0 radical (unpaired) electrons. The number of urea groups is 1. The van der Waals surface area contributed by atoms with Gasteiger partial charge < -0.3 is 5.32 Å². The minimum absolute atomic E-state index is 0.0476. The third-order valence-electron chi connectivity index (χ3n) is 4.94. The van der Waals surface area contributed by atoms with Gasteiger partial charge in [0.25, 0.3) is 0 Å². The molecule has 144 valence electrons. The van der Waals surface area contributed by atoms with Crippen molar-refractivity contribution in [2.24, 2.45) is 7.05 Å². The molecule has 2 aromatic rings. The molecular formula is C18H20F3N5O. The SMILES string of the molecule is Cn1ncc(C2CC2)c1CNC(=O)Nc1cc(C(F)(F)F)cc(C2CC2)n1. The second-order valence-electron chi connectivity index (χ2n) is 7.19. The number of hydrogen-bond donors (Lipinski definition) is 2. The van der Waals surface area contributed by atoms with Crippen LogP contribution in [0, 0.1) is 0 Å². The van der Waals surface area contributed by atoms with Crippen LogP contribution >= 0.6 is 0 Å². The van der Waals surface area contributed by atoms with E-state index >= 15 is 0 Å². The maximum Gasteiger partial charge on any atom is 0.416 e. The molecule has 4 rings (SSSR count). The van der Waals surface area contributed by atoms with E-state index in [0.29, 0.717) is 11.6 Å². The standard InChI is InChI=1S/C18H20F3N5O/c1-26-15(13(8-23-26)10-2-3-10)9-22-17(27)25-16-7-12(18(19,20)21)6-14(24-16)11-4-5-11/h6-8,10-11H,2-5,9H2,1H3,(H2,22,24,25,27). The first kappa shape index (κ1) is 17.8. The van der Waals surface area contributed by atoms with Crippen LogP contribution < -0.4 is 10.6 Å². The van der Waals surface area contributed by atoms with Crippen molar-refractivity contribution in [3.63, 3.8) is 0 Å². The van der Waals surface area contributed by atoms with Crippen LogP contribution in [-0.4, -0.2) is 20.8 Å². The van der Waals surface area contributed by atoms with Gasteiger partial charge in [0.2, 0.25) is 0 Å². The zero-order valence-corrected chi connectivity index (χ0v) is 14.8. The average Bonchev–Trinajstić information content (AvgIpc) is 3.50. The quantitative estimate of drug-likeness (QED) is 0.827. The van der Waals surface area contributed by atoms with E-state index in [9.17, 15) is 18.0 Å². The lowest BCUT2D eigenvalue weighted by Gasteiger charge is -2.13. The van der Waals surface area contributed by atoms with E-state index in [1.165, 1.54) is 0 Å². The van der Waals surface area contributed by atoms with Gasteiger partial charge in [0.1, 0.15) is 5.82 Å². The smallest absolute Gasteiger partial charge is 0.332 e. The van der Waals surface area contributed by atoms with Crippen LogP contribution in [0.25, 0.3) is 0 Å². The molecule has 2 fully saturated rings. The largest absolute Gasteiger partial charge is 0.416 e. The van der Waals surface area contributed by atoms with Gasteiger partial charge in [-0.1, -0.05) is 0 Å². The zero-order valence-electron chi connectivity index (χ0n) is 14.8. The number of nitrogens with one attached hydrogen (secondary N) is 2. The lowest BCUT2D eigenvalue weighted by atomic mass is 10.1. The third-order valence-corrected chi connectivity index (χ3v) is 4.94. The summed E-state index contributed by atoms with van der Waals surface area (Å²) in [6, 6.07) is 1.34. The van der Waals surface area contributed by atoms with Crippen molar-refractivity contribution in [2.45, 2.75) is 50.2 Å². The zero-order chi connectivity index (χ0) is 19.2. The fourth-order valence-corrected chi connectivity index (χ4v) is 3.12. The summed E-state index contributed by atoms with van der Waals surface area (Å²) in [6.45, 7) is 0.253. The van der Waals surface area contributed by atoms with E-state index in [1.807, 2.05) is 6.20 Å². The number of anilines is 1. The number of rotatable bonds is 5. The van der Waals surface area contributed by atoms with Crippen molar-refractivity contribution in [1.82, 2.24) is 20.1 Å². The van der Waals surface area contributed by atoms with E-state index in [1.54, 1.807) is 11.7 Å². The summed E-state index contributed by atoms with van der Waals surface area (Å²) in [5, 5.41) is 9.34. The van der Waals surface area contributed by atoms with Crippen molar-refractivity contribution >= 4 is 11.8 Å². The van der Waals surface area contributed by atoms with Crippen molar-refractivity contribution in [3.05, 3.63) is 40.8 Å². The Hall–Kier alpha value is -2.58. The van der Waals surface area contributed by atoms with E-state index in [0.717, 1.165) is 49.1 Å². The normalized spacial score (nSPS) is 17.0. The second-order valence-corrected chi connectivity index (χ2v) is 7.19. The highest BCUT2D eigenvalue weighted by Gasteiger charge is 2.34. The Morgan fingerprint density at radius 2 is 1.93 bits per heavy atom. The lowest BCUT2D eigenvalue weighted by Crippen LogP contribution is -2.30. The Bertz CT molecular complexity index is 868. The van der Waals surface area contributed by atoms with Crippen molar-refractivity contribution in [1.29, 1.82) is 0 Å². The van der Waals surface area contributed by atoms with Crippen LogP contribution in [0.3, 0.4) is 0 Å². The number of carbonyl (C=O) groups excluding carboxylic acids is 1. The molecule has 2 aromatic heterocycles. The Morgan fingerprint density at radius 3 is 2.56 bits per heavy atom. The van der Waals surface area contributed by atoms with E-state index in [-0.39, 0.29) is 18.3 Å². The highest BCUT2D eigenvalue weighted by Crippen LogP contribution is 2.42. The number of nitrogens with zero attached hydrogens (tertiary/aromatic N) is 3. The molecule has 9 heteroatoms. The number of halogens is 3. The van der Waals surface area contributed by atoms with Gasteiger partial charge in [0.15, 0.2) is 0 Å². The van der Waals surface area contributed by atoms with Crippen LogP contribution in [0.4, 0.5) is 23.8 Å². The molecule has 6 nitrogen and oxygen atoms in total. The van der Waals surface area contributed by atoms with Gasteiger partial charge in [0, 0.05) is 18.7 Å². The number of aromatic nitrogens is 3. The van der Waals surface area contributed by atoms with Gasteiger partial charge in [-0.25, -0.2) is 9.78 Å². The summed E-state index contributed by atoms with van der Waals surface area (Å²) in [7, 11) is 1.80. The molecule has 27 heavy (non-hydrogen) atoms. The molecule has 2 amide bonds. The second kappa shape index (κ2) is 6.54. The van der Waals surface area contributed by atoms with Gasteiger partial charge in [-0.3, -0.25) is 10.00 Å². The molecule has 2 aliphatic rings. The van der Waals surface area contributed by atoms with Gasteiger partial charge in [-0.15, -0.1) is 0 Å². The lowest BCUT2D eigenvalue weighted by molar-refractivity contribution is -0.137. The maximum atomic E-state index is 13.1. The molecule has 0 unspecified atom stereocenters. The highest BCUT2D eigenvalue weighted by molar-refractivity contribution is 5.88. The first-order valence-electron chi connectivity index (χ1n) is 8.96. The predicted molar refractivity (Wildman–Crippen MR) is 92.3 cm³/mol. The Labute approximate surface area is 154 Å². The minimum atomic E-state index is -4.48. The monoisotopic (exact) mass is 379 g/mol. The van der Waals surface area contributed by atoms with Gasteiger partial charge in [0.05, 0.1) is 24.0 Å². The van der Waals surface area contributed by atoms with Crippen LogP contribution in [0.2, 0.25) is 0 Å². The van der Waals surface area contributed by atoms with Gasteiger partial charge in [-0.2, -0.15) is 18.3 Å². The Morgan fingerprint density at radius 1 is 1.22 bits per heavy atom. The molecule has 0 saturated heterocycles. The fraction of sp³-hybridized carbons (Fsp3) is 0.500.